The van der Waals surface area contributed by atoms with Crippen LogP contribution in [0.3, 0.4) is 0 Å². The van der Waals surface area contributed by atoms with E-state index in [1.807, 2.05) is 0 Å². The number of hydrogen-bond donors (Lipinski definition) is 2. The number of nitrogen functional groups attached to an aromatic ring is 1. The third kappa shape index (κ3) is 6.44. The molecule has 0 atom stereocenters. The number of nitrogens with two attached hydrogens (primary N) is 1. The molecule has 0 aliphatic heterocycles. The highest BCUT2D eigenvalue weighted by Crippen LogP contribution is 2.29. The van der Waals surface area contributed by atoms with Gasteiger partial charge in [0, 0.05) is 12.5 Å². The Morgan fingerprint density at radius 3 is 2.59 bits per heavy atom. The van der Waals surface area contributed by atoms with Crippen molar-refractivity contribution in [2.24, 2.45) is 0 Å². The minimum atomic E-state index is -4.82. The van der Waals surface area contributed by atoms with Crippen molar-refractivity contribution in [3.63, 3.8) is 0 Å². The van der Waals surface area contributed by atoms with Crippen molar-refractivity contribution in [1.82, 2.24) is 20.0 Å². The number of hydrogen-bond acceptors (Lipinski definition) is 9. The van der Waals surface area contributed by atoms with Crippen LogP contribution >= 0.6 is 0 Å². The smallest absolute Gasteiger partial charge is 0.476 e. The maximum atomic E-state index is 12.1. The van der Waals surface area contributed by atoms with Gasteiger partial charge in [-0.15, -0.1) is 18.3 Å². The number of carbonyl (C=O) groups excluding carboxylic acids is 1. The van der Waals surface area contributed by atoms with Gasteiger partial charge in [-0.2, -0.15) is 9.90 Å². The second-order valence-electron chi connectivity index (χ2n) is 6.53. The third-order valence-electron chi connectivity index (χ3n) is 3.96. The summed E-state index contributed by atoms with van der Waals surface area (Å²) in [5.74, 6) is -0.743. The number of aromatic nitrogens is 4. The van der Waals surface area contributed by atoms with Gasteiger partial charge >= 0.3 is 12.3 Å². The summed E-state index contributed by atoms with van der Waals surface area (Å²) >= 11 is 0. The topological polar surface area (TPSA) is 159 Å². The summed E-state index contributed by atoms with van der Waals surface area (Å²) in [5.41, 5.74) is 5.14. The molecular weight excluding hydrogens is 463 g/mol. The first-order chi connectivity index (χ1) is 16.0. The zero-order valence-corrected chi connectivity index (χ0v) is 17.3. The number of carbonyl (C=O) groups is 2. The average molecular weight is 479 g/mol. The van der Waals surface area contributed by atoms with Crippen LogP contribution in [0.15, 0.2) is 57.8 Å². The van der Waals surface area contributed by atoms with Gasteiger partial charge in [0.2, 0.25) is 0 Å². The Kier molecular flexibility index (Phi) is 6.99. The number of carboxylic acid groups (broad SMARTS) is 1. The van der Waals surface area contributed by atoms with Gasteiger partial charge < -0.3 is 24.4 Å². The first kappa shape index (κ1) is 24.0. The summed E-state index contributed by atoms with van der Waals surface area (Å²) in [6.45, 7) is 1.82. The molecule has 0 unspecified atom stereocenters. The fourth-order valence-electron chi connectivity index (χ4n) is 2.62. The van der Waals surface area contributed by atoms with Crippen LogP contribution in [-0.2, 0) is 6.54 Å². The Morgan fingerprint density at radius 1 is 1.24 bits per heavy atom. The van der Waals surface area contributed by atoms with Gasteiger partial charge in [0.15, 0.2) is 35.2 Å². The van der Waals surface area contributed by atoms with E-state index in [1.54, 1.807) is 12.1 Å². The minimum absolute atomic E-state index is 0.103. The lowest BCUT2D eigenvalue weighted by atomic mass is 10.1. The zero-order chi connectivity index (χ0) is 24.9. The number of anilines is 1. The van der Waals surface area contributed by atoms with Gasteiger partial charge in [-0.25, -0.2) is 9.78 Å². The van der Waals surface area contributed by atoms with Crippen molar-refractivity contribution in [2.75, 3.05) is 5.73 Å². The highest BCUT2D eigenvalue weighted by atomic mass is 19.4. The van der Waals surface area contributed by atoms with Crippen LogP contribution < -0.4 is 10.5 Å². The Hall–Kier alpha value is -4.62. The lowest BCUT2D eigenvalue weighted by Gasteiger charge is -2.09. The second kappa shape index (κ2) is 9.89. The number of halogens is 3. The monoisotopic (exact) mass is 479 g/mol. The number of ether oxygens (including phenoxy) is 1. The Morgan fingerprint density at radius 2 is 2.00 bits per heavy atom. The predicted molar refractivity (Wildman–Crippen MR) is 108 cm³/mol. The number of benzene rings is 1. The molecule has 0 fully saturated rings. The van der Waals surface area contributed by atoms with Crippen LogP contribution in [0.25, 0.3) is 11.3 Å². The molecule has 3 aromatic heterocycles. The molecule has 4 aromatic rings. The molecule has 0 radical (unpaired) electrons. The largest absolute Gasteiger partial charge is 0.573 e. The molecule has 0 spiro atoms. The average Bonchev–Trinajstić information content (AvgIpc) is 3.48. The van der Waals surface area contributed by atoms with E-state index in [-0.39, 0.29) is 22.8 Å². The SMILES string of the molecule is CC(=O)c1ccc(Cn2ncc(N)n2)o1.O=C(O)c1ncoc1-c1cccc(OC(F)(F)F)c1. The Labute approximate surface area is 188 Å². The number of nitrogens with zero attached hydrogens (tertiary/aromatic N) is 4. The Balaban J connectivity index is 0.000000196. The molecule has 0 amide bonds. The summed E-state index contributed by atoms with van der Waals surface area (Å²) in [5, 5.41) is 16.6. The molecule has 0 aliphatic carbocycles. The first-order valence-electron chi connectivity index (χ1n) is 9.30. The molecule has 3 heterocycles. The molecule has 3 N–H and O–H groups in total. The fraction of sp³-hybridized carbons (Fsp3) is 0.150. The van der Waals surface area contributed by atoms with E-state index in [4.69, 9.17) is 19.7 Å². The number of Topliss-reactive ketones (excluding diaryl/α,β-unsaturated/α-hetero) is 1. The first-order valence-corrected chi connectivity index (χ1v) is 9.30. The van der Waals surface area contributed by atoms with Crippen LogP contribution in [0.1, 0.15) is 33.7 Å². The number of carboxylic acids is 1. The van der Waals surface area contributed by atoms with Crippen molar-refractivity contribution < 1.29 is 41.4 Å². The fourth-order valence-corrected chi connectivity index (χ4v) is 2.62. The van der Waals surface area contributed by atoms with Gasteiger partial charge in [-0.05, 0) is 24.3 Å². The van der Waals surface area contributed by atoms with Crippen molar-refractivity contribution in [3.05, 3.63) is 66.2 Å². The normalized spacial score (nSPS) is 10.9. The molecule has 1 aromatic carbocycles. The van der Waals surface area contributed by atoms with E-state index >= 15 is 0 Å². The summed E-state index contributed by atoms with van der Waals surface area (Å²) in [4.78, 5) is 26.7. The minimum Gasteiger partial charge on any atom is -0.476 e. The molecular formula is C20H16F3N5O6. The van der Waals surface area contributed by atoms with Gasteiger partial charge in [-0.3, -0.25) is 4.79 Å². The molecule has 4 rings (SSSR count). The van der Waals surface area contributed by atoms with Crippen LogP contribution in [0.2, 0.25) is 0 Å². The van der Waals surface area contributed by atoms with E-state index in [0.717, 1.165) is 18.5 Å². The molecule has 0 saturated heterocycles. The third-order valence-corrected chi connectivity index (χ3v) is 3.96. The van der Waals surface area contributed by atoms with Gasteiger partial charge in [0.25, 0.3) is 0 Å². The summed E-state index contributed by atoms with van der Waals surface area (Å²) < 4.78 is 50.1. The predicted octanol–water partition coefficient (Wildman–Crippen LogP) is 3.64. The molecule has 0 aliphatic rings. The number of rotatable bonds is 6. The van der Waals surface area contributed by atoms with Crippen LogP contribution in [0.4, 0.5) is 19.0 Å². The van der Waals surface area contributed by atoms with E-state index in [0.29, 0.717) is 23.9 Å². The second-order valence-corrected chi connectivity index (χ2v) is 6.53. The van der Waals surface area contributed by atoms with Gasteiger partial charge in [0.1, 0.15) is 18.1 Å². The number of alkyl halides is 3. The van der Waals surface area contributed by atoms with E-state index in [9.17, 15) is 22.8 Å². The number of furan rings is 1. The standard InChI is InChI=1S/C11H6F3NO4.C9H10N4O2/c12-11(13,14)19-7-3-1-2-6(4-7)9-8(10(16)17)15-5-18-9;1-6(14)8-3-2-7(15-8)5-13-11-4-9(10)12-13/h1-5H,(H,16,17);2-4H,5H2,1H3,(H2,10,12). The van der Waals surface area contributed by atoms with Crippen molar-refractivity contribution in [3.8, 4) is 17.1 Å². The van der Waals surface area contributed by atoms with Crippen molar-refractivity contribution in [1.29, 1.82) is 0 Å². The zero-order valence-electron chi connectivity index (χ0n) is 17.3. The van der Waals surface area contributed by atoms with E-state index < -0.39 is 18.1 Å². The van der Waals surface area contributed by atoms with Crippen LogP contribution in [-0.4, -0.2) is 43.2 Å². The Bertz CT molecular complexity index is 1290. The molecule has 178 valence electrons. The lowest BCUT2D eigenvalue weighted by Crippen LogP contribution is -2.17. The molecule has 0 saturated carbocycles. The van der Waals surface area contributed by atoms with E-state index in [2.05, 4.69) is 19.9 Å². The quantitative estimate of drug-likeness (QED) is 0.391. The van der Waals surface area contributed by atoms with Crippen molar-refractivity contribution in [2.45, 2.75) is 19.8 Å². The van der Waals surface area contributed by atoms with Crippen LogP contribution in [0.5, 0.6) is 5.75 Å². The van der Waals surface area contributed by atoms with Crippen molar-refractivity contribution >= 4 is 17.6 Å². The maximum absolute atomic E-state index is 12.1. The van der Waals surface area contributed by atoms with Gasteiger partial charge in [0.05, 0.1) is 6.20 Å². The summed E-state index contributed by atoms with van der Waals surface area (Å²) in [7, 11) is 0. The summed E-state index contributed by atoms with van der Waals surface area (Å²) in [6, 6.07) is 8.12. The molecule has 14 heteroatoms. The number of aromatic carboxylic acids is 1. The highest BCUT2D eigenvalue weighted by Gasteiger charge is 2.31. The number of ketones is 1. The molecule has 34 heavy (non-hydrogen) atoms. The van der Waals surface area contributed by atoms with Gasteiger partial charge in [-0.1, -0.05) is 12.1 Å². The summed E-state index contributed by atoms with van der Waals surface area (Å²) in [6.07, 6.45) is -2.47. The lowest BCUT2D eigenvalue weighted by molar-refractivity contribution is -0.274. The van der Waals surface area contributed by atoms with Crippen LogP contribution in [0, 0.1) is 0 Å². The highest BCUT2D eigenvalue weighted by molar-refractivity contribution is 5.92. The number of oxazole rings is 1. The molecule has 11 nitrogen and oxygen atoms in total. The maximum Gasteiger partial charge on any atom is 0.573 e. The molecule has 0 bridgehead atoms. The van der Waals surface area contributed by atoms with E-state index in [1.165, 1.54) is 30.0 Å².